The average Bonchev–Trinajstić information content (AvgIpc) is 2.34. The number of pyridine rings is 1. The highest BCUT2D eigenvalue weighted by Gasteiger charge is 2.17. The summed E-state index contributed by atoms with van der Waals surface area (Å²) in [6.07, 6.45) is 2.98. The lowest BCUT2D eigenvalue weighted by Gasteiger charge is -2.20. The van der Waals surface area contributed by atoms with Crippen LogP contribution in [0.15, 0.2) is 24.5 Å². The molecule has 0 unspecified atom stereocenters. The lowest BCUT2D eigenvalue weighted by molar-refractivity contribution is -0.137. The van der Waals surface area contributed by atoms with Crippen molar-refractivity contribution in [2.45, 2.75) is 0 Å². The van der Waals surface area contributed by atoms with Crippen molar-refractivity contribution in [1.29, 1.82) is 0 Å². The van der Waals surface area contributed by atoms with Gasteiger partial charge in [0.15, 0.2) is 0 Å². The molecular weight excluding hydrogens is 224 g/mol. The molecule has 0 aliphatic carbocycles. The predicted molar refractivity (Wildman–Crippen MR) is 59.7 cm³/mol. The first-order valence-corrected chi connectivity index (χ1v) is 5.05. The van der Waals surface area contributed by atoms with Gasteiger partial charge in [0.25, 0.3) is 5.91 Å². The molecule has 0 saturated carbocycles. The van der Waals surface area contributed by atoms with Gasteiger partial charge in [0, 0.05) is 31.6 Å². The van der Waals surface area contributed by atoms with E-state index in [0.717, 1.165) is 0 Å². The van der Waals surface area contributed by atoms with Crippen molar-refractivity contribution in [3.63, 3.8) is 0 Å². The summed E-state index contributed by atoms with van der Waals surface area (Å²) in [6, 6.07) is 3.09. The van der Waals surface area contributed by atoms with E-state index in [4.69, 9.17) is 9.84 Å². The number of nitrogens with zero attached hydrogens (tertiary/aromatic N) is 2. The molecule has 1 N–H and O–H groups in total. The van der Waals surface area contributed by atoms with Gasteiger partial charge in [-0.05, 0) is 12.1 Å². The average molecular weight is 238 g/mol. The Kier molecular flexibility index (Phi) is 5.09. The van der Waals surface area contributed by atoms with Crippen molar-refractivity contribution in [2.24, 2.45) is 0 Å². The van der Waals surface area contributed by atoms with Gasteiger partial charge in [-0.1, -0.05) is 0 Å². The van der Waals surface area contributed by atoms with Gasteiger partial charge in [0.2, 0.25) is 0 Å². The SMILES string of the molecule is COCCN(CC(=O)O)C(=O)c1ccncc1. The molecule has 92 valence electrons. The first-order valence-electron chi connectivity index (χ1n) is 5.05. The molecule has 0 radical (unpaired) electrons. The Morgan fingerprint density at radius 1 is 1.41 bits per heavy atom. The number of amides is 1. The van der Waals surface area contributed by atoms with Gasteiger partial charge in [-0.3, -0.25) is 14.6 Å². The number of rotatable bonds is 6. The summed E-state index contributed by atoms with van der Waals surface area (Å²) in [5.41, 5.74) is 0.414. The number of aliphatic carboxylic acids is 1. The fourth-order valence-electron chi connectivity index (χ4n) is 1.29. The van der Waals surface area contributed by atoms with E-state index < -0.39 is 5.97 Å². The molecule has 0 bridgehead atoms. The van der Waals surface area contributed by atoms with E-state index >= 15 is 0 Å². The first kappa shape index (κ1) is 13.1. The zero-order valence-corrected chi connectivity index (χ0v) is 9.50. The maximum Gasteiger partial charge on any atom is 0.323 e. The number of hydrogen-bond acceptors (Lipinski definition) is 4. The number of methoxy groups -OCH3 is 1. The number of carbonyl (C=O) groups excluding carboxylic acids is 1. The molecule has 6 nitrogen and oxygen atoms in total. The van der Waals surface area contributed by atoms with E-state index in [1.54, 1.807) is 12.1 Å². The van der Waals surface area contributed by atoms with Gasteiger partial charge in [-0.15, -0.1) is 0 Å². The Morgan fingerprint density at radius 2 is 2.06 bits per heavy atom. The molecule has 17 heavy (non-hydrogen) atoms. The Balaban J connectivity index is 2.75. The van der Waals surface area contributed by atoms with Crippen LogP contribution in [0.1, 0.15) is 10.4 Å². The maximum absolute atomic E-state index is 12.0. The lowest BCUT2D eigenvalue weighted by Crippen LogP contribution is -2.38. The van der Waals surface area contributed by atoms with Crippen molar-refractivity contribution < 1.29 is 19.4 Å². The van der Waals surface area contributed by atoms with Crippen LogP contribution in [0, 0.1) is 0 Å². The van der Waals surface area contributed by atoms with E-state index in [-0.39, 0.29) is 19.0 Å². The Hall–Kier alpha value is -1.95. The van der Waals surface area contributed by atoms with Gasteiger partial charge >= 0.3 is 5.97 Å². The molecule has 1 amide bonds. The van der Waals surface area contributed by atoms with E-state index in [1.807, 2.05) is 0 Å². The summed E-state index contributed by atoms with van der Waals surface area (Å²) < 4.78 is 4.84. The lowest BCUT2D eigenvalue weighted by atomic mass is 10.2. The quantitative estimate of drug-likeness (QED) is 0.768. The van der Waals surface area contributed by atoms with Gasteiger partial charge in [0.05, 0.1) is 6.61 Å². The number of carboxylic acid groups (broad SMARTS) is 1. The first-order chi connectivity index (χ1) is 8.15. The monoisotopic (exact) mass is 238 g/mol. The fraction of sp³-hybridized carbons (Fsp3) is 0.364. The molecule has 1 heterocycles. The number of ether oxygens (including phenoxy) is 1. The zero-order valence-electron chi connectivity index (χ0n) is 9.50. The van der Waals surface area contributed by atoms with Crippen molar-refractivity contribution in [1.82, 2.24) is 9.88 Å². The largest absolute Gasteiger partial charge is 0.480 e. The van der Waals surface area contributed by atoms with Gasteiger partial charge in [0.1, 0.15) is 6.54 Å². The molecule has 1 rings (SSSR count). The molecule has 0 aliphatic rings. The molecule has 0 atom stereocenters. The van der Waals surface area contributed by atoms with E-state index in [0.29, 0.717) is 12.2 Å². The van der Waals surface area contributed by atoms with Gasteiger partial charge < -0.3 is 14.7 Å². The predicted octanol–water partition coefficient (Wildman–Crippen LogP) is 0.255. The normalized spacial score (nSPS) is 9.94. The van der Waals surface area contributed by atoms with Crippen LogP contribution in [0.5, 0.6) is 0 Å². The van der Waals surface area contributed by atoms with Crippen molar-refractivity contribution in [2.75, 3.05) is 26.8 Å². The highest BCUT2D eigenvalue weighted by molar-refractivity contribution is 5.95. The van der Waals surface area contributed by atoms with Gasteiger partial charge in [-0.2, -0.15) is 0 Å². The minimum atomic E-state index is -1.05. The van der Waals surface area contributed by atoms with Crippen LogP contribution in [0.2, 0.25) is 0 Å². The van der Waals surface area contributed by atoms with Crippen molar-refractivity contribution in [3.8, 4) is 0 Å². The Morgan fingerprint density at radius 3 is 2.59 bits per heavy atom. The Bertz CT molecular complexity index is 380. The summed E-state index contributed by atoms with van der Waals surface area (Å²) in [4.78, 5) is 27.6. The van der Waals surface area contributed by atoms with Crippen LogP contribution in [0.4, 0.5) is 0 Å². The third-order valence-corrected chi connectivity index (χ3v) is 2.11. The van der Waals surface area contributed by atoms with Crippen molar-refractivity contribution >= 4 is 11.9 Å². The standard InChI is InChI=1S/C11H14N2O4/c1-17-7-6-13(8-10(14)15)11(16)9-2-4-12-5-3-9/h2-5H,6-8H2,1H3,(H,14,15). The smallest absolute Gasteiger partial charge is 0.323 e. The third kappa shape index (κ3) is 4.20. The van der Waals surface area contributed by atoms with Crippen LogP contribution in [0.25, 0.3) is 0 Å². The van der Waals surface area contributed by atoms with Crippen LogP contribution in [-0.2, 0) is 9.53 Å². The zero-order chi connectivity index (χ0) is 12.7. The minimum absolute atomic E-state index is 0.240. The number of carboxylic acids is 1. The molecule has 6 heteroatoms. The Labute approximate surface area is 98.8 Å². The molecular formula is C11H14N2O4. The van der Waals surface area contributed by atoms with Crippen LogP contribution in [0.3, 0.4) is 0 Å². The molecule has 0 aromatic carbocycles. The minimum Gasteiger partial charge on any atom is -0.480 e. The van der Waals surface area contributed by atoms with E-state index in [1.165, 1.54) is 24.4 Å². The summed E-state index contributed by atoms with van der Waals surface area (Å²) in [5.74, 6) is -1.39. The third-order valence-electron chi connectivity index (χ3n) is 2.11. The molecule has 0 saturated heterocycles. The second-order valence-electron chi connectivity index (χ2n) is 3.35. The fourth-order valence-corrected chi connectivity index (χ4v) is 1.29. The second-order valence-corrected chi connectivity index (χ2v) is 3.35. The number of carbonyl (C=O) groups is 2. The van der Waals surface area contributed by atoms with Crippen molar-refractivity contribution in [3.05, 3.63) is 30.1 Å². The second kappa shape index (κ2) is 6.59. The molecule has 0 fully saturated rings. The van der Waals surface area contributed by atoms with Crippen LogP contribution in [-0.4, -0.2) is 53.7 Å². The summed E-state index contributed by atoms with van der Waals surface area (Å²) >= 11 is 0. The summed E-state index contributed by atoms with van der Waals surface area (Å²) in [7, 11) is 1.50. The topological polar surface area (TPSA) is 79.7 Å². The summed E-state index contributed by atoms with van der Waals surface area (Å²) in [5, 5.41) is 8.73. The highest BCUT2D eigenvalue weighted by Crippen LogP contribution is 2.03. The number of aromatic nitrogens is 1. The van der Waals surface area contributed by atoms with Crippen LogP contribution >= 0.6 is 0 Å². The molecule has 0 spiro atoms. The molecule has 0 aliphatic heterocycles. The van der Waals surface area contributed by atoms with Gasteiger partial charge in [-0.25, -0.2) is 0 Å². The molecule has 1 aromatic rings. The van der Waals surface area contributed by atoms with Crippen LogP contribution < -0.4 is 0 Å². The maximum atomic E-state index is 12.0. The van der Waals surface area contributed by atoms with E-state index in [2.05, 4.69) is 4.98 Å². The van der Waals surface area contributed by atoms with E-state index in [9.17, 15) is 9.59 Å². The molecule has 1 aromatic heterocycles. The number of hydrogen-bond donors (Lipinski definition) is 1. The summed E-state index contributed by atoms with van der Waals surface area (Å²) in [6.45, 7) is 0.193. The highest BCUT2D eigenvalue weighted by atomic mass is 16.5.